The summed E-state index contributed by atoms with van der Waals surface area (Å²) in [5.41, 5.74) is 1.08. The van der Waals surface area contributed by atoms with E-state index in [1.165, 1.54) is 18.2 Å². The van der Waals surface area contributed by atoms with Gasteiger partial charge in [-0.3, -0.25) is 9.67 Å². The fourth-order valence-corrected chi connectivity index (χ4v) is 2.05. The number of aliphatic imine (C=N–C) groups is 1. The van der Waals surface area contributed by atoms with Crippen LogP contribution in [0.1, 0.15) is 11.3 Å². The molecule has 23 heavy (non-hydrogen) atoms. The zero-order valence-corrected chi connectivity index (χ0v) is 15.3. The molecule has 1 aromatic heterocycles. The van der Waals surface area contributed by atoms with Crippen molar-refractivity contribution in [3.05, 3.63) is 53.4 Å². The molecule has 2 N–H and O–H groups in total. The number of nitrogens with one attached hydrogen (secondary N) is 2. The highest BCUT2D eigenvalue weighted by Gasteiger charge is 2.08. The maximum absolute atomic E-state index is 13.5. The number of aromatic nitrogens is 2. The molecule has 0 saturated carbocycles. The number of guanidine groups is 1. The molecule has 0 spiro atoms. The van der Waals surface area contributed by atoms with Gasteiger partial charge in [0.15, 0.2) is 5.96 Å². The van der Waals surface area contributed by atoms with Crippen molar-refractivity contribution in [2.24, 2.45) is 12.0 Å². The first-order valence-electron chi connectivity index (χ1n) is 6.96. The van der Waals surface area contributed by atoms with E-state index < -0.39 is 11.6 Å². The quantitative estimate of drug-likeness (QED) is 0.431. The lowest BCUT2D eigenvalue weighted by Gasteiger charge is -2.12. The maximum atomic E-state index is 13.5. The molecule has 0 aliphatic carbocycles. The molecule has 0 radical (unpaired) electrons. The maximum Gasteiger partial charge on any atom is 0.191 e. The van der Waals surface area contributed by atoms with Gasteiger partial charge in [0, 0.05) is 32.4 Å². The molecule has 0 unspecified atom stereocenters. The van der Waals surface area contributed by atoms with Gasteiger partial charge >= 0.3 is 0 Å². The Morgan fingerprint density at radius 3 is 2.48 bits per heavy atom. The first kappa shape index (κ1) is 19.3. The average Bonchev–Trinajstić information content (AvgIpc) is 2.90. The zero-order chi connectivity index (χ0) is 15.9. The molecule has 0 saturated heterocycles. The fraction of sp³-hybridized carbons (Fsp3) is 0.333. The Morgan fingerprint density at radius 2 is 1.91 bits per heavy atom. The Morgan fingerprint density at radius 1 is 1.22 bits per heavy atom. The van der Waals surface area contributed by atoms with Crippen molar-refractivity contribution < 1.29 is 8.78 Å². The Balaban J connectivity index is 0.00000264. The summed E-state index contributed by atoms with van der Waals surface area (Å²) < 4.78 is 28.8. The molecule has 0 aliphatic rings. The van der Waals surface area contributed by atoms with E-state index in [4.69, 9.17) is 0 Å². The highest BCUT2D eigenvalue weighted by molar-refractivity contribution is 14.0. The van der Waals surface area contributed by atoms with E-state index >= 15 is 0 Å². The molecule has 0 bridgehead atoms. The summed E-state index contributed by atoms with van der Waals surface area (Å²) in [5.74, 6) is -0.489. The van der Waals surface area contributed by atoms with Gasteiger partial charge in [0.25, 0.3) is 0 Å². The van der Waals surface area contributed by atoms with Gasteiger partial charge in [-0.2, -0.15) is 5.10 Å². The van der Waals surface area contributed by atoms with Crippen LogP contribution in [-0.2, 0) is 20.0 Å². The third kappa shape index (κ3) is 5.45. The van der Waals surface area contributed by atoms with Gasteiger partial charge < -0.3 is 10.6 Å². The molecule has 5 nitrogen and oxygen atoms in total. The monoisotopic (exact) mass is 435 g/mol. The van der Waals surface area contributed by atoms with Crippen LogP contribution in [0.3, 0.4) is 0 Å². The van der Waals surface area contributed by atoms with E-state index in [0.717, 1.165) is 5.69 Å². The number of rotatable bonds is 5. The van der Waals surface area contributed by atoms with Crippen LogP contribution in [-0.4, -0.2) is 29.3 Å². The Kier molecular flexibility index (Phi) is 7.93. The first-order valence-corrected chi connectivity index (χ1v) is 6.96. The van der Waals surface area contributed by atoms with Crippen molar-refractivity contribution in [3.63, 3.8) is 0 Å². The lowest BCUT2D eigenvalue weighted by molar-refractivity contribution is 0.553. The van der Waals surface area contributed by atoms with Crippen LogP contribution in [0.5, 0.6) is 0 Å². The average molecular weight is 435 g/mol. The molecule has 1 heterocycles. The summed E-state index contributed by atoms with van der Waals surface area (Å²) in [6.07, 6.45) is 1.96. The minimum absolute atomic E-state index is 0. The Hall–Kier alpha value is -1.71. The predicted octanol–water partition coefficient (Wildman–Crippen LogP) is 2.22. The highest BCUT2D eigenvalue weighted by atomic mass is 127. The van der Waals surface area contributed by atoms with Crippen LogP contribution in [0.4, 0.5) is 8.78 Å². The van der Waals surface area contributed by atoms with Gasteiger partial charge in [-0.25, -0.2) is 8.78 Å². The van der Waals surface area contributed by atoms with E-state index in [1.54, 1.807) is 17.9 Å². The van der Waals surface area contributed by atoms with Crippen molar-refractivity contribution in [2.45, 2.75) is 13.0 Å². The van der Waals surface area contributed by atoms with E-state index in [1.807, 2.05) is 13.1 Å². The number of benzene rings is 1. The van der Waals surface area contributed by atoms with Crippen LogP contribution in [0, 0.1) is 11.6 Å². The SMILES string of the molecule is CN=C(NCCc1c(F)cccc1F)NCc1ccnn1C.I. The van der Waals surface area contributed by atoms with Crippen LogP contribution >= 0.6 is 24.0 Å². The predicted molar refractivity (Wildman–Crippen MR) is 96.9 cm³/mol. The van der Waals surface area contributed by atoms with Crippen molar-refractivity contribution in [3.8, 4) is 0 Å². The van der Waals surface area contributed by atoms with Gasteiger partial charge in [-0.05, 0) is 24.6 Å². The summed E-state index contributed by atoms with van der Waals surface area (Å²) >= 11 is 0. The van der Waals surface area contributed by atoms with E-state index in [9.17, 15) is 8.78 Å². The summed E-state index contributed by atoms with van der Waals surface area (Å²) in [7, 11) is 3.50. The minimum atomic E-state index is -0.528. The smallest absolute Gasteiger partial charge is 0.191 e. The molecule has 2 aromatic rings. The second-order valence-corrected chi connectivity index (χ2v) is 4.75. The molecule has 1 aromatic carbocycles. The Bertz CT molecular complexity index is 637. The van der Waals surface area contributed by atoms with Gasteiger partial charge in [-0.15, -0.1) is 24.0 Å². The number of halogens is 3. The van der Waals surface area contributed by atoms with Crippen molar-refractivity contribution >= 4 is 29.9 Å². The largest absolute Gasteiger partial charge is 0.356 e. The number of nitrogens with zero attached hydrogens (tertiary/aromatic N) is 3. The Labute approximate surface area is 151 Å². The fourth-order valence-electron chi connectivity index (χ4n) is 2.05. The van der Waals surface area contributed by atoms with Crippen molar-refractivity contribution in [1.82, 2.24) is 20.4 Å². The van der Waals surface area contributed by atoms with Crippen molar-refractivity contribution in [2.75, 3.05) is 13.6 Å². The van der Waals surface area contributed by atoms with Crippen LogP contribution in [0.25, 0.3) is 0 Å². The first-order chi connectivity index (χ1) is 10.6. The van der Waals surface area contributed by atoms with Crippen LogP contribution in [0.15, 0.2) is 35.5 Å². The molecule has 2 rings (SSSR count). The summed E-state index contributed by atoms with van der Waals surface area (Å²) in [4.78, 5) is 4.07. The summed E-state index contributed by atoms with van der Waals surface area (Å²) in [6, 6.07) is 5.77. The second kappa shape index (κ2) is 9.43. The number of hydrogen-bond donors (Lipinski definition) is 2. The van der Waals surface area contributed by atoms with Gasteiger partial charge in [0.05, 0.1) is 12.2 Å². The lowest BCUT2D eigenvalue weighted by Crippen LogP contribution is -2.38. The highest BCUT2D eigenvalue weighted by Crippen LogP contribution is 2.11. The van der Waals surface area contributed by atoms with Crippen molar-refractivity contribution in [1.29, 1.82) is 0 Å². The molecule has 0 amide bonds. The third-order valence-electron chi connectivity index (χ3n) is 3.31. The molecular formula is C15H20F2IN5. The topological polar surface area (TPSA) is 54.2 Å². The van der Waals surface area contributed by atoms with Crippen LogP contribution in [0.2, 0.25) is 0 Å². The molecule has 126 valence electrons. The minimum Gasteiger partial charge on any atom is -0.356 e. The van der Waals surface area contributed by atoms with E-state index in [0.29, 0.717) is 19.0 Å². The van der Waals surface area contributed by atoms with Gasteiger partial charge in [-0.1, -0.05) is 6.07 Å². The second-order valence-electron chi connectivity index (χ2n) is 4.75. The molecular weight excluding hydrogens is 415 g/mol. The molecule has 0 atom stereocenters. The number of hydrogen-bond acceptors (Lipinski definition) is 2. The van der Waals surface area contributed by atoms with Gasteiger partial charge in [0.2, 0.25) is 0 Å². The third-order valence-corrected chi connectivity index (χ3v) is 3.31. The standard InChI is InChI=1S/C15H19F2N5.HI/c1-18-15(20-10-11-6-9-21-22(11)2)19-8-7-12-13(16)4-3-5-14(12)17;/h3-6,9H,7-8,10H2,1-2H3,(H2,18,19,20);1H. The normalized spacial score (nSPS) is 11.0. The molecule has 0 aliphatic heterocycles. The van der Waals surface area contributed by atoms with Crippen LogP contribution < -0.4 is 10.6 Å². The molecule has 8 heteroatoms. The van der Waals surface area contributed by atoms with Gasteiger partial charge in [0.1, 0.15) is 11.6 Å². The summed E-state index contributed by atoms with van der Waals surface area (Å²) in [5, 5.41) is 10.2. The zero-order valence-electron chi connectivity index (χ0n) is 13.0. The molecule has 0 fully saturated rings. The lowest BCUT2D eigenvalue weighted by atomic mass is 10.1. The van der Waals surface area contributed by atoms with E-state index in [2.05, 4.69) is 20.7 Å². The summed E-state index contributed by atoms with van der Waals surface area (Å²) in [6.45, 7) is 0.938. The van der Waals surface area contributed by atoms with E-state index in [-0.39, 0.29) is 36.0 Å². The number of aryl methyl sites for hydroxylation is 1.